The first-order valence-corrected chi connectivity index (χ1v) is 10.3. The monoisotopic (exact) mass is 415 g/mol. The van der Waals surface area contributed by atoms with Crippen molar-refractivity contribution in [3.63, 3.8) is 0 Å². The van der Waals surface area contributed by atoms with Gasteiger partial charge in [-0.1, -0.05) is 29.8 Å². The van der Waals surface area contributed by atoms with Crippen LogP contribution in [0.2, 0.25) is 5.15 Å². The summed E-state index contributed by atoms with van der Waals surface area (Å²) >= 11 is 6.10. The van der Waals surface area contributed by atoms with Crippen molar-refractivity contribution in [2.45, 2.75) is 18.9 Å². The van der Waals surface area contributed by atoms with Crippen molar-refractivity contribution >= 4 is 45.3 Å². The second-order valence-electron chi connectivity index (χ2n) is 7.46. The maximum absolute atomic E-state index is 6.10. The van der Waals surface area contributed by atoms with E-state index >= 15 is 0 Å². The van der Waals surface area contributed by atoms with Crippen LogP contribution < -0.4 is 10.1 Å². The van der Waals surface area contributed by atoms with Crippen molar-refractivity contribution in [1.82, 2.24) is 19.5 Å². The van der Waals surface area contributed by atoms with Crippen LogP contribution in [0, 0.1) is 0 Å². The Morgan fingerprint density at radius 3 is 2.70 bits per heavy atom. The second-order valence-corrected chi connectivity index (χ2v) is 7.85. The van der Waals surface area contributed by atoms with Crippen molar-refractivity contribution in [3.05, 3.63) is 72.0 Å². The van der Waals surface area contributed by atoms with Crippen LogP contribution in [0.5, 0.6) is 11.5 Å². The molecule has 3 aromatic heterocycles. The minimum Gasteiger partial charge on any atom is -0.457 e. The van der Waals surface area contributed by atoms with Gasteiger partial charge in [0.15, 0.2) is 0 Å². The number of halogens is 1. The molecule has 30 heavy (non-hydrogen) atoms. The van der Waals surface area contributed by atoms with Gasteiger partial charge in [0.1, 0.15) is 22.2 Å². The third-order valence-electron chi connectivity index (χ3n) is 5.29. The summed E-state index contributed by atoms with van der Waals surface area (Å²) in [5.41, 5.74) is 4.56. The normalized spacial score (nSPS) is 13.8. The Hall–Kier alpha value is -3.51. The first kappa shape index (κ1) is 17.4. The largest absolute Gasteiger partial charge is 0.457 e. The third-order valence-corrected chi connectivity index (χ3v) is 5.50. The summed E-state index contributed by atoms with van der Waals surface area (Å²) in [5.74, 6) is 2.41. The molecule has 148 valence electrons. The molecule has 0 saturated heterocycles. The number of hydrogen-bond acceptors (Lipinski definition) is 4. The maximum atomic E-state index is 6.10. The fraction of sp³-hybridized carbons (Fsp3) is 0.130. The molecule has 2 aromatic carbocycles. The zero-order chi connectivity index (χ0) is 20.1. The van der Waals surface area contributed by atoms with Gasteiger partial charge in [0, 0.05) is 18.3 Å². The molecule has 6 nitrogen and oxygen atoms in total. The molecule has 6 rings (SSSR count). The summed E-state index contributed by atoms with van der Waals surface area (Å²) in [6, 6.07) is 20.0. The summed E-state index contributed by atoms with van der Waals surface area (Å²) in [5, 5.41) is 3.92. The summed E-state index contributed by atoms with van der Waals surface area (Å²) in [4.78, 5) is 12.5. The van der Waals surface area contributed by atoms with Gasteiger partial charge in [-0.15, -0.1) is 0 Å². The number of imidazole rings is 1. The van der Waals surface area contributed by atoms with Gasteiger partial charge in [-0.3, -0.25) is 0 Å². The van der Waals surface area contributed by atoms with Crippen LogP contribution in [0.4, 0.5) is 11.6 Å². The lowest BCUT2D eigenvalue weighted by atomic mass is 10.3. The molecular weight excluding hydrogens is 398 g/mol. The van der Waals surface area contributed by atoms with Gasteiger partial charge in [0.05, 0.1) is 22.2 Å². The molecule has 0 spiro atoms. The highest BCUT2D eigenvalue weighted by molar-refractivity contribution is 6.29. The number of hydrogen-bond donors (Lipinski definition) is 2. The van der Waals surface area contributed by atoms with Crippen LogP contribution in [-0.4, -0.2) is 19.5 Å². The molecular formula is C23H18ClN5O. The number of pyridine rings is 1. The van der Waals surface area contributed by atoms with Crippen molar-refractivity contribution in [3.8, 4) is 11.5 Å². The molecule has 3 heterocycles. The van der Waals surface area contributed by atoms with E-state index in [1.807, 2.05) is 54.7 Å². The van der Waals surface area contributed by atoms with Crippen LogP contribution in [0.15, 0.2) is 66.9 Å². The molecule has 0 unspecified atom stereocenters. The average Bonchev–Trinajstić information content (AvgIpc) is 3.43. The number of para-hydroxylation sites is 1. The summed E-state index contributed by atoms with van der Waals surface area (Å²) in [7, 11) is 0. The topological polar surface area (TPSA) is 67.8 Å². The van der Waals surface area contributed by atoms with Gasteiger partial charge in [0.2, 0.25) is 5.95 Å². The highest BCUT2D eigenvalue weighted by Crippen LogP contribution is 2.42. The van der Waals surface area contributed by atoms with E-state index in [-0.39, 0.29) is 0 Å². The maximum Gasteiger partial charge on any atom is 0.208 e. The Kier molecular flexibility index (Phi) is 3.92. The molecule has 1 fully saturated rings. The van der Waals surface area contributed by atoms with Gasteiger partial charge in [-0.25, -0.2) is 9.97 Å². The zero-order valence-electron chi connectivity index (χ0n) is 16.0. The molecule has 5 aromatic rings. The number of nitrogens with zero attached hydrogens (tertiary/aromatic N) is 3. The lowest BCUT2D eigenvalue weighted by molar-refractivity contribution is 0.483. The number of nitrogens with one attached hydrogen (secondary N) is 2. The van der Waals surface area contributed by atoms with E-state index in [0.717, 1.165) is 58.0 Å². The predicted octanol–water partition coefficient (Wildman–Crippen LogP) is 6.44. The minimum absolute atomic E-state index is 0.436. The molecule has 0 aliphatic heterocycles. The minimum atomic E-state index is 0.436. The second kappa shape index (κ2) is 6.78. The Morgan fingerprint density at radius 1 is 1.00 bits per heavy atom. The molecule has 0 atom stereocenters. The average molecular weight is 416 g/mol. The lowest BCUT2D eigenvalue weighted by Gasteiger charge is -2.10. The summed E-state index contributed by atoms with van der Waals surface area (Å²) in [6.45, 7) is 0. The highest BCUT2D eigenvalue weighted by Gasteiger charge is 2.29. The standard InChI is InChI=1S/C23H18ClN5O/c24-21-11-10-18-22(28-21)19(13-25-18)27-23-26-17-9-8-16(30-15-4-2-1-3-5-15)12-20(17)29(23)14-6-7-14/h1-5,8-14,25H,6-7H2,(H,26,27). The first-order chi connectivity index (χ1) is 14.7. The van der Waals surface area contributed by atoms with Crippen molar-refractivity contribution < 1.29 is 4.74 Å². The Labute approximate surface area is 177 Å². The van der Waals surface area contributed by atoms with Crippen LogP contribution in [-0.2, 0) is 0 Å². The molecule has 2 N–H and O–H groups in total. The van der Waals surface area contributed by atoms with E-state index in [4.69, 9.17) is 21.3 Å². The van der Waals surface area contributed by atoms with E-state index in [9.17, 15) is 0 Å². The van der Waals surface area contributed by atoms with E-state index in [1.165, 1.54) is 0 Å². The number of H-pyrrole nitrogens is 1. The summed E-state index contributed by atoms with van der Waals surface area (Å²) < 4.78 is 8.30. The predicted molar refractivity (Wildman–Crippen MR) is 119 cm³/mol. The van der Waals surface area contributed by atoms with Crippen LogP contribution in [0.3, 0.4) is 0 Å². The third kappa shape index (κ3) is 3.06. The number of aromatic amines is 1. The van der Waals surface area contributed by atoms with Crippen molar-refractivity contribution in [2.24, 2.45) is 0 Å². The Balaban J connectivity index is 1.41. The smallest absolute Gasteiger partial charge is 0.208 e. The van der Waals surface area contributed by atoms with E-state index in [2.05, 4.69) is 25.9 Å². The zero-order valence-corrected chi connectivity index (χ0v) is 16.7. The number of aromatic nitrogens is 4. The first-order valence-electron chi connectivity index (χ1n) is 9.90. The molecule has 1 aliphatic carbocycles. The van der Waals surface area contributed by atoms with Gasteiger partial charge in [0.25, 0.3) is 0 Å². The molecule has 1 saturated carbocycles. The van der Waals surface area contributed by atoms with Crippen LogP contribution in [0.1, 0.15) is 18.9 Å². The number of benzene rings is 2. The molecule has 0 bridgehead atoms. The molecule has 7 heteroatoms. The van der Waals surface area contributed by atoms with Gasteiger partial charge < -0.3 is 19.6 Å². The van der Waals surface area contributed by atoms with Crippen molar-refractivity contribution in [1.29, 1.82) is 0 Å². The fourth-order valence-corrected chi connectivity index (χ4v) is 3.89. The molecule has 0 radical (unpaired) electrons. The van der Waals surface area contributed by atoms with E-state index < -0.39 is 0 Å². The number of fused-ring (bicyclic) bond motifs is 2. The van der Waals surface area contributed by atoms with Gasteiger partial charge in [-0.2, -0.15) is 0 Å². The number of anilines is 2. The quantitative estimate of drug-likeness (QED) is 0.324. The van der Waals surface area contributed by atoms with E-state index in [1.54, 1.807) is 6.07 Å². The lowest BCUT2D eigenvalue weighted by Crippen LogP contribution is -2.02. The van der Waals surface area contributed by atoms with Crippen LogP contribution >= 0.6 is 11.6 Å². The fourth-order valence-electron chi connectivity index (χ4n) is 3.74. The van der Waals surface area contributed by atoms with E-state index in [0.29, 0.717) is 11.2 Å². The van der Waals surface area contributed by atoms with Gasteiger partial charge >= 0.3 is 0 Å². The Morgan fingerprint density at radius 2 is 1.87 bits per heavy atom. The van der Waals surface area contributed by atoms with Crippen molar-refractivity contribution in [2.75, 3.05) is 5.32 Å². The number of rotatable bonds is 5. The number of ether oxygens (including phenoxy) is 1. The molecule has 1 aliphatic rings. The Bertz CT molecular complexity index is 1370. The van der Waals surface area contributed by atoms with Gasteiger partial charge in [-0.05, 0) is 49.2 Å². The summed E-state index contributed by atoms with van der Waals surface area (Å²) in [6.07, 6.45) is 4.18. The molecule has 0 amide bonds. The highest BCUT2D eigenvalue weighted by atomic mass is 35.5. The van der Waals surface area contributed by atoms with Crippen LogP contribution in [0.25, 0.3) is 22.1 Å². The SMILES string of the molecule is Clc1ccc2[nH]cc(Nc3nc4ccc(Oc5ccccc5)cc4n3C3CC3)c2n1.